The number of hydrogen-bond donors (Lipinski definition) is 2. The van der Waals surface area contributed by atoms with Crippen LogP contribution in [0.3, 0.4) is 0 Å². The summed E-state index contributed by atoms with van der Waals surface area (Å²) in [6.45, 7) is 3.61. The summed E-state index contributed by atoms with van der Waals surface area (Å²) in [6, 6.07) is 3.08. The molecule has 0 radical (unpaired) electrons. The standard InChI is InChI=1S/C12H16N2O4/c1-3-8(2)14-10(15)7-18-9-5-4-6-13-11(9)12(16)17/h4-6,8H,3,7H2,1-2H3,(H,14,15)(H,16,17). The first-order chi connectivity index (χ1) is 8.54. The van der Waals surface area contributed by atoms with Crippen LogP contribution in [0.2, 0.25) is 0 Å². The van der Waals surface area contributed by atoms with Crippen molar-refractivity contribution in [2.75, 3.05) is 6.61 Å². The quantitative estimate of drug-likeness (QED) is 0.790. The molecule has 0 aliphatic heterocycles. The van der Waals surface area contributed by atoms with Gasteiger partial charge >= 0.3 is 5.97 Å². The van der Waals surface area contributed by atoms with Crippen molar-refractivity contribution in [3.8, 4) is 5.75 Å². The van der Waals surface area contributed by atoms with Crippen molar-refractivity contribution in [3.63, 3.8) is 0 Å². The molecule has 1 aromatic heterocycles. The fourth-order valence-electron chi connectivity index (χ4n) is 1.23. The van der Waals surface area contributed by atoms with Gasteiger partial charge in [0.2, 0.25) is 0 Å². The van der Waals surface area contributed by atoms with Crippen LogP contribution in [0, 0.1) is 0 Å². The maximum atomic E-state index is 11.5. The number of carbonyl (C=O) groups excluding carboxylic acids is 1. The first kappa shape index (κ1) is 14.0. The van der Waals surface area contributed by atoms with E-state index in [1.807, 2.05) is 13.8 Å². The minimum atomic E-state index is -1.19. The van der Waals surface area contributed by atoms with E-state index >= 15 is 0 Å². The van der Waals surface area contributed by atoms with Crippen LogP contribution in [0.25, 0.3) is 0 Å². The number of pyridine rings is 1. The largest absolute Gasteiger partial charge is 0.481 e. The molecule has 6 heteroatoms. The second-order valence-electron chi connectivity index (χ2n) is 3.82. The lowest BCUT2D eigenvalue weighted by molar-refractivity contribution is -0.123. The van der Waals surface area contributed by atoms with Gasteiger partial charge in [-0.15, -0.1) is 0 Å². The van der Waals surface area contributed by atoms with Gasteiger partial charge in [-0.1, -0.05) is 6.92 Å². The summed E-state index contributed by atoms with van der Waals surface area (Å²) in [4.78, 5) is 26.0. The number of ether oxygens (including phenoxy) is 1. The summed E-state index contributed by atoms with van der Waals surface area (Å²) in [6.07, 6.45) is 2.18. The van der Waals surface area contributed by atoms with E-state index in [1.165, 1.54) is 12.3 Å². The Morgan fingerprint density at radius 3 is 2.89 bits per heavy atom. The Morgan fingerprint density at radius 2 is 2.28 bits per heavy atom. The Bertz CT molecular complexity index is 434. The Morgan fingerprint density at radius 1 is 1.56 bits per heavy atom. The molecule has 1 unspecified atom stereocenters. The van der Waals surface area contributed by atoms with E-state index in [4.69, 9.17) is 9.84 Å². The minimum absolute atomic E-state index is 0.0638. The molecule has 0 aliphatic carbocycles. The van der Waals surface area contributed by atoms with Gasteiger partial charge in [0.15, 0.2) is 18.1 Å². The van der Waals surface area contributed by atoms with Gasteiger partial charge in [-0.05, 0) is 25.5 Å². The zero-order chi connectivity index (χ0) is 13.5. The highest BCUT2D eigenvalue weighted by molar-refractivity contribution is 5.88. The molecule has 98 valence electrons. The van der Waals surface area contributed by atoms with Crippen LogP contribution in [0.5, 0.6) is 5.75 Å². The van der Waals surface area contributed by atoms with Crippen LogP contribution < -0.4 is 10.1 Å². The number of carboxylic acid groups (broad SMARTS) is 1. The van der Waals surface area contributed by atoms with Crippen LogP contribution in [0.1, 0.15) is 30.8 Å². The highest BCUT2D eigenvalue weighted by Crippen LogP contribution is 2.14. The highest BCUT2D eigenvalue weighted by atomic mass is 16.5. The van der Waals surface area contributed by atoms with E-state index in [0.717, 1.165) is 6.42 Å². The molecule has 1 rings (SSSR count). The highest BCUT2D eigenvalue weighted by Gasteiger charge is 2.13. The zero-order valence-electron chi connectivity index (χ0n) is 10.3. The monoisotopic (exact) mass is 252 g/mol. The molecule has 0 saturated heterocycles. The van der Waals surface area contributed by atoms with Gasteiger partial charge in [-0.25, -0.2) is 9.78 Å². The molecule has 0 fully saturated rings. The lowest BCUT2D eigenvalue weighted by Crippen LogP contribution is -2.35. The van der Waals surface area contributed by atoms with E-state index in [2.05, 4.69) is 10.3 Å². The Kier molecular flexibility index (Phi) is 5.10. The van der Waals surface area contributed by atoms with Crippen molar-refractivity contribution in [2.24, 2.45) is 0 Å². The molecular formula is C12H16N2O4. The van der Waals surface area contributed by atoms with E-state index in [-0.39, 0.29) is 30.0 Å². The van der Waals surface area contributed by atoms with Crippen molar-refractivity contribution >= 4 is 11.9 Å². The number of aromatic nitrogens is 1. The van der Waals surface area contributed by atoms with Crippen molar-refractivity contribution < 1.29 is 19.4 Å². The molecule has 0 aromatic carbocycles. The smallest absolute Gasteiger partial charge is 0.358 e. The predicted molar refractivity (Wildman–Crippen MR) is 64.6 cm³/mol. The lowest BCUT2D eigenvalue weighted by atomic mass is 10.2. The zero-order valence-corrected chi connectivity index (χ0v) is 10.3. The first-order valence-electron chi connectivity index (χ1n) is 5.65. The third kappa shape index (κ3) is 4.04. The van der Waals surface area contributed by atoms with E-state index in [1.54, 1.807) is 6.07 Å². The average molecular weight is 252 g/mol. The van der Waals surface area contributed by atoms with Crippen LogP contribution in [-0.4, -0.2) is 34.6 Å². The topological polar surface area (TPSA) is 88.5 Å². The third-order valence-corrected chi connectivity index (χ3v) is 2.35. The molecule has 1 atom stereocenters. The maximum Gasteiger partial charge on any atom is 0.358 e. The van der Waals surface area contributed by atoms with Crippen LogP contribution in [-0.2, 0) is 4.79 Å². The summed E-state index contributed by atoms with van der Waals surface area (Å²) < 4.78 is 5.15. The Balaban J connectivity index is 2.58. The lowest BCUT2D eigenvalue weighted by Gasteiger charge is -2.12. The van der Waals surface area contributed by atoms with Gasteiger partial charge in [0.25, 0.3) is 5.91 Å². The van der Waals surface area contributed by atoms with Gasteiger partial charge in [-0.3, -0.25) is 4.79 Å². The molecule has 18 heavy (non-hydrogen) atoms. The summed E-state index contributed by atoms with van der Waals surface area (Å²) in [5.41, 5.74) is -0.200. The van der Waals surface area contributed by atoms with E-state index in [0.29, 0.717) is 0 Å². The molecule has 2 N–H and O–H groups in total. The molecule has 0 bridgehead atoms. The summed E-state index contributed by atoms with van der Waals surface area (Å²) in [5.74, 6) is -1.39. The number of rotatable bonds is 6. The Labute approximate surface area is 105 Å². The Hall–Kier alpha value is -2.11. The fourth-order valence-corrected chi connectivity index (χ4v) is 1.23. The fraction of sp³-hybridized carbons (Fsp3) is 0.417. The SMILES string of the molecule is CCC(C)NC(=O)COc1cccnc1C(=O)O. The number of nitrogens with one attached hydrogen (secondary N) is 1. The van der Waals surface area contributed by atoms with Gasteiger partial charge < -0.3 is 15.2 Å². The van der Waals surface area contributed by atoms with Gasteiger partial charge in [0.1, 0.15) is 0 Å². The summed E-state index contributed by atoms with van der Waals surface area (Å²) in [7, 11) is 0. The summed E-state index contributed by atoms with van der Waals surface area (Å²) in [5, 5.41) is 11.6. The predicted octanol–water partition coefficient (Wildman–Crippen LogP) is 1.07. The number of carboxylic acids is 1. The molecule has 6 nitrogen and oxygen atoms in total. The van der Waals surface area contributed by atoms with E-state index in [9.17, 15) is 9.59 Å². The number of carbonyl (C=O) groups is 2. The van der Waals surface area contributed by atoms with Crippen molar-refractivity contribution in [3.05, 3.63) is 24.0 Å². The number of aromatic carboxylic acids is 1. The van der Waals surface area contributed by atoms with E-state index < -0.39 is 5.97 Å². The van der Waals surface area contributed by atoms with Crippen LogP contribution in [0.4, 0.5) is 0 Å². The van der Waals surface area contributed by atoms with Gasteiger partial charge in [0, 0.05) is 12.2 Å². The minimum Gasteiger partial charge on any atom is -0.481 e. The average Bonchev–Trinajstić information content (AvgIpc) is 2.36. The molecule has 1 amide bonds. The van der Waals surface area contributed by atoms with Crippen LogP contribution >= 0.6 is 0 Å². The van der Waals surface area contributed by atoms with Crippen molar-refractivity contribution in [1.82, 2.24) is 10.3 Å². The van der Waals surface area contributed by atoms with Crippen molar-refractivity contribution in [1.29, 1.82) is 0 Å². The van der Waals surface area contributed by atoms with Gasteiger partial charge in [-0.2, -0.15) is 0 Å². The molecular weight excluding hydrogens is 236 g/mol. The third-order valence-electron chi connectivity index (χ3n) is 2.35. The van der Waals surface area contributed by atoms with Crippen molar-refractivity contribution in [2.45, 2.75) is 26.3 Å². The van der Waals surface area contributed by atoms with Gasteiger partial charge in [0.05, 0.1) is 0 Å². The van der Waals surface area contributed by atoms with Crippen LogP contribution in [0.15, 0.2) is 18.3 Å². The second-order valence-corrected chi connectivity index (χ2v) is 3.82. The molecule has 0 saturated carbocycles. The molecule has 1 heterocycles. The second kappa shape index (κ2) is 6.58. The maximum absolute atomic E-state index is 11.5. The molecule has 1 aromatic rings. The number of amides is 1. The normalized spacial score (nSPS) is 11.7. The first-order valence-corrected chi connectivity index (χ1v) is 5.65. The number of nitrogens with zero attached hydrogens (tertiary/aromatic N) is 1. The number of hydrogen-bond acceptors (Lipinski definition) is 4. The molecule has 0 aliphatic rings. The summed E-state index contributed by atoms with van der Waals surface area (Å²) >= 11 is 0. The molecule has 0 spiro atoms.